The van der Waals surface area contributed by atoms with Crippen molar-refractivity contribution in [1.29, 1.82) is 0 Å². The van der Waals surface area contributed by atoms with Crippen LogP contribution in [-0.2, 0) is 0 Å². The third-order valence-corrected chi connectivity index (χ3v) is 4.40. The number of halogens is 1. The van der Waals surface area contributed by atoms with Crippen molar-refractivity contribution in [3.8, 4) is 11.5 Å². The normalized spacial score (nSPS) is 10.9. The molecule has 4 rings (SSSR count). The van der Waals surface area contributed by atoms with Gasteiger partial charge in [-0.3, -0.25) is 4.79 Å². The second-order valence-electron chi connectivity index (χ2n) is 5.89. The van der Waals surface area contributed by atoms with Crippen molar-refractivity contribution in [2.24, 2.45) is 0 Å². The Labute approximate surface area is 158 Å². The number of nitrogens with zero attached hydrogens (tertiary/aromatic N) is 1. The Morgan fingerprint density at radius 3 is 2.37 bits per heavy atom. The number of rotatable bonds is 4. The van der Waals surface area contributed by atoms with Crippen molar-refractivity contribution in [2.45, 2.75) is 0 Å². The first kappa shape index (κ1) is 17.0. The lowest BCUT2D eigenvalue weighted by Crippen LogP contribution is -2.00. The molecule has 1 aromatic heterocycles. The Bertz CT molecular complexity index is 1180. The highest BCUT2D eigenvalue weighted by molar-refractivity contribution is 6.30. The summed E-state index contributed by atoms with van der Waals surface area (Å²) < 4.78 is 5.70. The number of ketones is 1. The molecular formula is C21H12ClNO4. The van der Waals surface area contributed by atoms with Gasteiger partial charge >= 0.3 is 5.97 Å². The van der Waals surface area contributed by atoms with E-state index in [0.717, 1.165) is 0 Å². The molecule has 5 nitrogen and oxygen atoms in total. The molecule has 1 N–H and O–H groups in total. The Hall–Kier alpha value is -3.44. The van der Waals surface area contributed by atoms with E-state index in [1.54, 1.807) is 60.7 Å². The summed E-state index contributed by atoms with van der Waals surface area (Å²) in [5, 5.41) is 9.90. The van der Waals surface area contributed by atoms with E-state index < -0.39 is 5.97 Å². The summed E-state index contributed by atoms with van der Waals surface area (Å²) in [7, 11) is 0. The van der Waals surface area contributed by atoms with Crippen molar-refractivity contribution >= 4 is 34.5 Å². The van der Waals surface area contributed by atoms with Crippen LogP contribution in [0.25, 0.3) is 22.6 Å². The van der Waals surface area contributed by atoms with Gasteiger partial charge in [0.25, 0.3) is 0 Å². The lowest BCUT2D eigenvalue weighted by atomic mass is 10.0. The molecule has 0 fully saturated rings. The minimum atomic E-state index is -1.06. The number of carboxylic acid groups (broad SMARTS) is 1. The van der Waals surface area contributed by atoms with Gasteiger partial charge in [-0.25, -0.2) is 9.78 Å². The highest BCUT2D eigenvalue weighted by Gasteiger charge is 2.17. The standard InChI is InChI=1S/C21H12ClNO4/c22-14-8-5-12(6-9-14)19(24)13-7-10-18-17(11-13)23-20(27-18)15-3-1-2-4-16(15)21(25)26/h1-11H,(H,25,26). The molecule has 0 unspecified atom stereocenters. The molecule has 0 spiro atoms. The van der Waals surface area contributed by atoms with Gasteiger partial charge in [-0.05, 0) is 54.6 Å². The molecule has 132 valence electrons. The molecule has 0 saturated heterocycles. The molecular weight excluding hydrogens is 366 g/mol. The largest absolute Gasteiger partial charge is 0.478 e. The summed E-state index contributed by atoms with van der Waals surface area (Å²) in [6.07, 6.45) is 0. The molecule has 27 heavy (non-hydrogen) atoms. The van der Waals surface area contributed by atoms with E-state index in [-0.39, 0.29) is 17.2 Å². The van der Waals surface area contributed by atoms with Gasteiger partial charge in [0.2, 0.25) is 5.89 Å². The highest BCUT2D eigenvalue weighted by Crippen LogP contribution is 2.28. The van der Waals surface area contributed by atoms with Crippen molar-refractivity contribution in [1.82, 2.24) is 4.98 Å². The first-order chi connectivity index (χ1) is 13.0. The second-order valence-corrected chi connectivity index (χ2v) is 6.32. The van der Waals surface area contributed by atoms with Crippen LogP contribution in [0.15, 0.2) is 71.1 Å². The monoisotopic (exact) mass is 377 g/mol. The quantitative estimate of drug-likeness (QED) is 0.502. The molecule has 1 heterocycles. The minimum Gasteiger partial charge on any atom is -0.478 e. The van der Waals surface area contributed by atoms with Crippen LogP contribution in [0, 0.1) is 0 Å². The van der Waals surface area contributed by atoms with Crippen LogP contribution >= 0.6 is 11.6 Å². The molecule has 0 aliphatic rings. The topological polar surface area (TPSA) is 80.4 Å². The third kappa shape index (κ3) is 3.20. The summed E-state index contributed by atoms with van der Waals surface area (Å²) in [6.45, 7) is 0. The second kappa shape index (κ2) is 6.70. The number of oxazole rings is 1. The van der Waals surface area contributed by atoms with Gasteiger partial charge in [0.1, 0.15) is 5.52 Å². The zero-order valence-corrected chi connectivity index (χ0v) is 14.6. The maximum Gasteiger partial charge on any atom is 0.336 e. The fourth-order valence-corrected chi connectivity index (χ4v) is 2.93. The van der Waals surface area contributed by atoms with Crippen molar-refractivity contribution < 1.29 is 19.1 Å². The van der Waals surface area contributed by atoms with Gasteiger partial charge in [0.05, 0.1) is 11.1 Å². The average Bonchev–Trinajstić information content (AvgIpc) is 3.11. The van der Waals surface area contributed by atoms with Crippen LogP contribution < -0.4 is 0 Å². The lowest BCUT2D eigenvalue weighted by molar-refractivity contribution is 0.0697. The van der Waals surface area contributed by atoms with Crippen molar-refractivity contribution in [3.05, 3.63) is 88.4 Å². The Morgan fingerprint density at radius 2 is 1.63 bits per heavy atom. The Kier molecular flexibility index (Phi) is 4.22. The van der Waals surface area contributed by atoms with E-state index in [4.69, 9.17) is 16.0 Å². The number of benzene rings is 3. The molecule has 0 aliphatic carbocycles. The predicted octanol–water partition coefficient (Wildman–Crippen LogP) is 5.08. The summed E-state index contributed by atoms with van der Waals surface area (Å²) >= 11 is 5.86. The fraction of sp³-hybridized carbons (Fsp3) is 0. The SMILES string of the molecule is O=C(c1ccc(Cl)cc1)c1ccc2oc(-c3ccccc3C(=O)O)nc2c1. The van der Waals surface area contributed by atoms with Gasteiger partial charge in [-0.15, -0.1) is 0 Å². The number of hydrogen-bond acceptors (Lipinski definition) is 4. The average molecular weight is 378 g/mol. The number of fused-ring (bicyclic) bond motifs is 1. The van der Waals surface area contributed by atoms with Crippen molar-refractivity contribution in [3.63, 3.8) is 0 Å². The van der Waals surface area contributed by atoms with Crippen LogP contribution in [0.3, 0.4) is 0 Å². The maximum atomic E-state index is 12.6. The van der Waals surface area contributed by atoms with Crippen LogP contribution in [-0.4, -0.2) is 21.8 Å². The first-order valence-electron chi connectivity index (χ1n) is 8.06. The number of carbonyl (C=O) groups is 2. The van der Waals surface area contributed by atoms with E-state index in [0.29, 0.717) is 32.8 Å². The lowest BCUT2D eigenvalue weighted by Gasteiger charge is -2.01. The van der Waals surface area contributed by atoms with Gasteiger partial charge in [0, 0.05) is 16.1 Å². The van der Waals surface area contributed by atoms with E-state index >= 15 is 0 Å². The van der Waals surface area contributed by atoms with Crippen molar-refractivity contribution in [2.75, 3.05) is 0 Å². The molecule has 0 bridgehead atoms. The zero-order chi connectivity index (χ0) is 19.0. The summed E-state index contributed by atoms with van der Waals surface area (Å²) in [5.74, 6) is -1.03. The third-order valence-electron chi connectivity index (χ3n) is 4.14. The molecule has 0 saturated carbocycles. The van der Waals surface area contributed by atoms with Crippen LogP contribution in [0.5, 0.6) is 0 Å². The summed E-state index contributed by atoms with van der Waals surface area (Å²) in [4.78, 5) is 28.4. The van der Waals surface area contributed by atoms with E-state index in [9.17, 15) is 14.7 Å². The smallest absolute Gasteiger partial charge is 0.336 e. The number of hydrogen-bond donors (Lipinski definition) is 1. The van der Waals surface area contributed by atoms with Crippen LogP contribution in [0.1, 0.15) is 26.3 Å². The minimum absolute atomic E-state index is 0.0986. The number of aromatic carboxylic acids is 1. The van der Waals surface area contributed by atoms with Gasteiger partial charge in [0.15, 0.2) is 11.4 Å². The molecule has 0 amide bonds. The fourth-order valence-electron chi connectivity index (χ4n) is 2.81. The van der Waals surface area contributed by atoms with E-state index in [1.807, 2.05) is 0 Å². The van der Waals surface area contributed by atoms with Crippen LogP contribution in [0.2, 0.25) is 5.02 Å². The summed E-state index contributed by atoms with van der Waals surface area (Å²) in [6, 6.07) is 18.0. The molecule has 6 heteroatoms. The van der Waals surface area contributed by atoms with Gasteiger partial charge in [-0.1, -0.05) is 23.7 Å². The zero-order valence-electron chi connectivity index (χ0n) is 13.8. The van der Waals surface area contributed by atoms with Gasteiger partial charge < -0.3 is 9.52 Å². The van der Waals surface area contributed by atoms with Crippen LogP contribution in [0.4, 0.5) is 0 Å². The first-order valence-corrected chi connectivity index (χ1v) is 8.44. The van der Waals surface area contributed by atoms with E-state index in [2.05, 4.69) is 4.98 Å². The number of carbonyl (C=O) groups excluding carboxylic acids is 1. The molecule has 4 aromatic rings. The Balaban J connectivity index is 1.76. The maximum absolute atomic E-state index is 12.6. The highest BCUT2D eigenvalue weighted by atomic mass is 35.5. The summed E-state index contributed by atoms with van der Waals surface area (Å²) in [5.41, 5.74) is 2.39. The molecule has 0 radical (unpaired) electrons. The number of carboxylic acids is 1. The Morgan fingerprint density at radius 1 is 0.926 bits per heavy atom. The number of aromatic nitrogens is 1. The predicted molar refractivity (Wildman–Crippen MR) is 101 cm³/mol. The van der Waals surface area contributed by atoms with E-state index in [1.165, 1.54) is 6.07 Å². The van der Waals surface area contributed by atoms with Gasteiger partial charge in [-0.2, -0.15) is 0 Å². The molecule has 0 aliphatic heterocycles. The molecule has 3 aromatic carbocycles. The molecule has 0 atom stereocenters.